The third-order valence-electron chi connectivity index (χ3n) is 3.31. The fourth-order valence-electron chi connectivity index (χ4n) is 2.14. The van der Waals surface area contributed by atoms with Crippen LogP contribution < -0.4 is 10.1 Å². The van der Waals surface area contributed by atoms with Crippen molar-refractivity contribution in [2.45, 2.75) is 25.5 Å². The number of ether oxygens (including phenoxy) is 1. The number of halogens is 1. The highest BCUT2D eigenvalue weighted by Crippen LogP contribution is 2.26. The molecule has 0 spiro atoms. The van der Waals surface area contributed by atoms with Crippen molar-refractivity contribution in [3.05, 3.63) is 28.8 Å². The number of nitrogens with zero attached hydrogens (tertiary/aromatic N) is 1. The van der Waals surface area contributed by atoms with Crippen LogP contribution in [0, 0.1) is 11.3 Å². The van der Waals surface area contributed by atoms with Gasteiger partial charge in [0.05, 0.1) is 28.2 Å². The molecule has 1 aromatic rings. The first-order chi connectivity index (χ1) is 10.3. The number of benzene rings is 1. The molecule has 22 heavy (non-hydrogen) atoms. The highest BCUT2D eigenvalue weighted by atomic mass is 35.5. The minimum Gasteiger partial charge on any atom is -0.479 e. The molecule has 6 nitrogen and oxygen atoms in total. The van der Waals surface area contributed by atoms with E-state index in [0.29, 0.717) is 17.7 Å². The van der Waals surface area contributed by atoms with Gasteiger partial charge in [0.1, 0.15) is 5.75 Å². The molecular formula is C14H15ClN2O4S. The molecule has 1 aliphatic heterocycles. The van der Waals surface area contributed by atoms with Crippen LogP contribution in [-0.2, 0) is 14.6 Å². The lowest BCUT2D eigenvalue weighted by atomic mass is 10.2. The average Bonchev–Trinajstić information content (AvgIpc) is 2.79. The van der Waals surface area contributed by atoms with E-state index < -0.39 is 21.8 Å². The quantitative estimate of drug-likeness (QED) is 0.889. The van der Waals surface area contributed by atoms with Gasteiger partial charge in [-0.2, -0.15) is 5.26 Å². The number of hydrogen-bond donors (Lipinski definition) is 1. The summed E-state index contributed by atoms with van der Waals surface area (Å²) in [5, 5.41) is 11.7. The summed E-state index contributed by atoms with van der Waals surface area (Å²) in [6, 6.07) is 6.08. The van der Waals surface area contributed by atoms with Crippen LogP contribution in [0.5, 0.6) is 5.75 Å². The number of nitriles is 1. The molecule has 1 fully saturated rings. The number of hydrogen-bond acceptors (Lipinski definition) is 5. The standard InChI is InChI=1S/C14H15ClN2O4S/c1-9(14(18)17-11-4-5-22(19,20)8-11)21-13-3-2-10(7-16)6-12(13)15/h2-3,6,9,11H,4-5,8H2,1H3,(H,17,18)/t9-,11-/m0/s1. The first-order valence-corrected chi connectivity index (χ1v) is 8.88. The lowest BCUT2D eigenvalue weighted by Crippen LogP contribution is -2.43. The van der Waals surface area contributed by atoms with E-state index in [4.69, 9.17) is 21.6 Å². The highest BCUT2D eigenvalue weighted by Gasteiger charge is 2.30. The molecule has 0 unspecified atom stereocenters. The molecule has 2 rings (SSSR count). The van der Waals surface area contributed by atoms with Crippen LogP contribution in [0.4, 0.5) is 0 Å². The SMILES string of the molecule is C[C@H](Oc1ccc(C#N)cc1Cl)C(=O)N[C@H]1CCS(=O)(=O)C1. The zero-order valence-corrected chi connectivity index (χ0v) is 13.4. The average molecular weight is 343 g/mol. The van der Waals surface area contributed by atoms with E-state index in [1.54, 1.807) is 6.92 Å². The molecule has 0 bridgehead atoms. The van der Waals surface area contributed by atoms with Gasteiger partial charge in [0, 0.05) is 6.04 Å². The summed E-state index contributed by atoms with van der Waals surface area (Å²) in [6.45, 7) is 1.55. The van der Waals surface area contributed by atoms with E-state index in [1.165, 1.54) is 18.2 Å². The summed E-state index contributed by atoms with van der Waals surface area (Å²) in [7, 11) is -3.05. The molecule has 1 amide bonds. The maximum atomic E-state index is 12.0. The summed E-state index contributed by atoms with van der Waals surface area (Å²) >= 11 is 5.98. The van der Waals surface area contributed by atoms with Crippen molar-refractivity contribution in [3.63, 3.8) is 0 Å². The van der Waals surface area contributed by atoms with Crippen molar-refractivity contribution >= 4 is 27.3 Å². The van der Waals surface area contributed by atoms with Gasteiger partial charge in [-0.15, -0.1) is 0 Å². The second-order valence-electron chi connectivity index (χ2n) is 5.13. The van der Waals surface area contributed by atoms with E-state index in [1.807, 2.05) is 6.07 Å². The van der Waals surface area contributed by atoms with Gasteiger partial charge in [0.15, 0.2) is 15.9 Å². The number of carbonyl (C=O) groups is 1. The van der Waals surface area contributed by atoms with Gasteiger partial charge < -0.3 is 10.1 Å². The minimum absolute atomic E-state index is 0.0386. The maximum absolute atomic E-state index is 12.0. The number of amides is 1. The van der Waals surface area contributed by atoms with E-state index in [2.05, 4.69) is 5.32 Å². The van der Waals surface area contributed by atoms with Gasteiger partial charge >= 0.3 is 0 Å². The predicted octanol–water partition coefficient (Wildman–Crippen LogP) is 1.28. The Balaban J connectivity index is 1.96. The Bertz CT molecular complexity index is 727. The minimum atomic E-state index is -3.05. The number of sulfone groups is 1. The molecule has 0 aromatic heterocycles. The maximum Gasteiger partial charge on any atom is 0.261 e. The normalized spacial score (nSPS) is 20.9. The molecule has 0 aliphatic carbocycles. The van der Waals surface area contributed by atoms with E-state index in [9.17, 15) is 13.2 Å². The second kappa shape index (κ2) is 6.55. The Kier molecular flexibility index (Phi) is 4.94. The van der Waals surface area contributed by atoms with E-state index in [0.717, 1.165) is 0 Å². The largest absolute Gasteiger partial charge is 0.479 e. The molecule has 2 atom stereocenters. The van der Waals surface area contributed by atoms with Gasteiger partial charge in [0.25, 0.3) is 5.91 Å². The van der Waals surface area contributed by atoms with Crippen LogP contribution in [0.2, 0.25) is 5.02 Å². The van der Waals surface area contributed by atoms with Crippen LogP contribution in [0.3, 0.4) is 0 Å². The Morgan fingerprint density at radius 1 is 1.55 bits per heavy atom. The van der Waals surface area contributed by atoms with Crippen molar-refractivity contribution in [1.29, 1.82) is 5.26 Å². The van der Waals surface area contributed by atoms with Crippen LogP contribution in [-0.4, -0.2) is 38.0 Å². The Morgan fingerprint density at radius 2 is 2.27 bits per heavy atom. The molecule has 1 aliphatic rings. The molecule has 1 saturated heterocycles. The molecule has 1 N–H and O–H groups in total. The van der Waals surface area contributed by atoms with Crippen molar-refractivity contribution in [3.8, 4) is 11.8 Å². The molecular weight excluding hydrogens is 328 g/mol. The van der Waals surface area contributed by atoms with Gasteiger partial charge in [-0.05, 0) is 31.5 Å². The summed E-state index contributed by atoms with van der Waals surface area (Å²) < 4.78 is 28.2. The molecule has 0 radical (unpaired) electrons. The zero-order valence-electron chi connectivity index (χ0n) is 11.9. The third kappa shape index (κ3) is 4.12. The molecule has 1 aromatic carbocycles. The van der Waals surface area contributed by atoms with Gasteiger partial charge in [-0.1, -0.05) is 11.6 Å². The predicted molar refractivity (Wildman–Crippen MR) is 81.5 cm³/mol. The number of nitrogens with one attached hydrogen (secondary N) is 1. The van der Waals surface area contributed by atoms with Crippen LogP contribution >= 0.6 is 11.6 Å². The van der Waals surface area contributed by atoms with Crippen molar-refractivity contribution in [1.82, 2.24) is 5.32 Å². The number of rotatable bonds is 4. The van der Waals surface area contributed by atoms with Gasteiger partial charge in [-0.25, -0.2) is 8.42 Å². The fourth-order valence-corrected chi connectivity index (χ4v) is 4.04. The molecule has 0 saturated carbocycles. The number of carbonyl (C=O) groups excluding carboxylic acids is 1. The van der Waals surface area contributed by atoms with E-state index in [-0.39, 0.29) is 22.6 Å². The van der Waals surface area contributed by atoms with Crippen LogP contribution in [0.25, 0.3) is 0 Å². The van der Waals surface area contributed by atoms with Gasteiger partial charge in [0.2, 0.25) is 0 Å². The molecule has 1 heterocycles. The first kappa shape index (κ1) is 16.6. The topological polar surface area (TPSA) is 96.3 Å². The Morgan fingerprint density at radius 3 is 2.82 bits per heavy atom. The first-order valence-electron chi connectivity index (χ1n) is 6.68. The lowest BCUT2D eigenvalue weighted by molar-refractivity contribution is -0.127. The molecule has 118 valence electrons. The molecule has 8 heteroatoms. The van der Waals surface area contributed by atoms with Crippen molar-refractivity contribution < 1.29 is 17.9 Å². The smallest absolute Gasteiger partial charge is 0.261 e. The fraction of sp³-hybridized carbons (Fsp3) is 0.429. The Labute approximate surface area is 133 Å². The van der Waals surface area contributed by atoms with E-state index >= 15 is 0 Å². The van der Waals surface area contributed by atoms with Crippen LogP contribution in [0.15, 0.2) is 18.2 Å². The Hall–Kier alpha value is -1.78. The van der Waals surface area contributed by atoms with Crippen molar-refractivity contribution in [2.75, 3.05) is 11.5 Å². The van der Waals surface area contributed by atoms with Crippen LogP contribution in [0.1, 0.15) is 18.9 Å². The lowest BCUT2D eigenvalue weighted by Gasteiger charge is -2.18. The third-order valence-corrected chi connectivity index (χ3v) is 5.38. The summed E-state index contributed by atoms with van der Waals surface area (Å²) in [5.41, 5.74) is 0.394. The monoisotopic (exact) mass is 342 g/mol. The van der Waals surface area contributed by atoms with Gasteiger partial charge in [-0.3, -0.25) is 4.79 Å². The van der Waals surface area contributed by atoms with Crippen molar-refractivity contribution in [2.24, 2.45) is 0 Å². The summed E-state index contributed by atoms with van der Waals surface area (Å²) in [6.07, 6.45) is -0.410. The highest BCUT2D eigenvalue weighted by molar-refractivity contribution is 7.91. The zero-order chi connectivity index (χ0) is 16.3. The summed E-state index contributed by atoms with van der Waals surface area (Å²) in [5.74, 6) is -0.0533. The summed E-state index contributed by atoms with van der Waals surface area (Å²) in [4.78, 5) is 12.0. The second-order valence-corrected chi connectivity index (χ2v) is 7.76.